The van der Waals surface area contributed by atoms with Gasteiger partial charge in [0.25, 0.3) is 5.91 Å². The van der Waals surface area contributed by atoms with E-state index < -0.39 is 0 Å². The van der Waals surface area contributed by atoms with Gasteiger partial charge in [0.2, 0.25) is 0 Å². The van der Waals surface area contributed by atoms with Crippen LogP contribution in [0.15, 0.2) is 34.2 Å². The van der Waals surface area contributed by atoms with E-state index in [2.05, 4.69) is 10.3 Å². The number of furan rings is 1. The molecule has 3 aromatic heterocycles. The lowest BCUT2D eigenvalue weighted by Crippen LogP contribution is -2.14. The molecule has 0 atom stereocenters. The highest BCUT2D eigenvalue weighted by atomic mass is 32.1. The van der Waals surface area contributed by atoms with Gasteiger partial charge in [-0.05, 0) is 38.5 Å². The molecule has 5 nitrogen and oxygen atoms in total. The number of nitrogens with one attached hydrogen (secondary N) is 1. The number of rotatable bonds is 3. The van der Waals surface area contributed by atoms with Gasteiger partial charge in [0.05, 0.1) is 16.9 Å². The van der Waals surface area contributed by atoms with Gasteiger partial charge in [0.1, 0.15) is 5.76 Å². The summed E-state index contributed by atoms with van der Waals surface area (Å²) in [6.07, 6.45) is 3.68. The highest BCUT2D eigenvalue weighted by Crippen LogP contribution is 2.32. The number of anilines is 1. The van der Waals surface area contributed by atoms with E-state index in [1.807, 2.05) is 24.4 Å². The molecule has 26 heavy (non-hydrogen) atoms. The third kappa shape index (κ3) is 2.86. The molecule has 132 valence electrons. The number of amides is 1. The first-order valence-electron chi connectivity index (χ1n) is 8.52. The first-order valence-corrected chi connectivity index (χ1v) is 9.40. The number of ketones is 1. The zero-order valence-electron chi connectivity index (χ0n) is 14.6. The number of carbonyl (C=O) groups is 2. The van der Waals surface area contributed by atoms with Crippen LogP contribution in [0.4, 0.5) is 5.69 Å². The number of fused-ring (bicyclic) bond motifs is 1. The molecule has 0 unspecified atom stereocenters. The van der Waals surface area contributed by atoms with Gasteiger partial charge in [-0.2, -0.15) is 0 Å². The van der Waals surface area contributed by atoms with Gasteiger partial charge in [-0.15, -0.1) is 11.3 Å². The SMILES string of the molecule is Cc1cc(-c2ncccc2NC(=O)c2oc3c(c2C)C(=O)CCC3)cs1. The summed E-state index contributed by atoms with van der Waals surface area (Å²) in [7, 11) is 0. The Kier molecular flexibility index (Phi) is 4.20. The molecule has 0 aliphatic heterocycles. The van der Waals surface area contributed by atoms with Crippen LogP contribution in [0.25, 0.3) is 11.3 Å². The highest BCUT2D eigenvalue weighted by Gasteiger charge is 2.29. The molecule has 0 bridgehead atoms. The van der Waals surface area contributed by atoms with Gasteiger partial charge >= 0.3 is 0 Å². The topological polar surface area (TPSA) is 72.2 Å². The Morgan fingerprint density at radius 3 is 2.88 bits per heavy atom. The van der Waals surface area contributed by atoms with Crippen molar-refractivity contribution in [2.24, 2.45) is 0 Å². The van der Waals surface area contributed by atoms with Crippen molar-refractivity contribution >= 4 is 28.7 Å². The lowest BCUT2D eigenvalue weighted by molar-refractivity contribution is 0.0963. The summed E-state index contributed by atoms with van der Waals surface area (Å²) in [5.74, 6) is 0.540. The number of thiophene rings is 1. The van der Waals surface area contributed by atoms with Crippen LogP contribution < -0.4 is 5.32 Å². The van der Waals surface area contributed by atoms with E-state index in [1.54, 1.807) is 30.5 Å². The fourth-order valence-corrected chi connectivity index (χ4v) is 4.04. The molecule has 3 aromatic rings. The van der Waals surface area contributed by atoms with E-state index in [0.717, 1.165) is 17.7 Å². The molecule has 0 fully saturated rings. The summed E-state index contributed by atoms with van der Waals surface area (Å²) in [4.78, 5) is 30.5. The lowest BCUT2D eigenvalue weighted by atomic mass is 9.94. The maximum absolute atomic E-state index is 12.8. The van der Waals surface area contributed by atoms with Crippen LogP contribution in [0.3, 0.4) is 0 Å². The maximum Gasteiger partial charge on any atom is 0.291 e. The van der Waals surface area contributed by atoms with Crippen LogP contribution in [0.2, 0.25) is 0 Å². The number of aryl methyl sites for hydroxylation is 2. The Hall–Kier alpha value is -2.73. The van der Waals surface area contributed by atoms with Crippen LogP contribution in [-0.4, -0.2) is 16.7 Å². The maximum atomic E-state index is 12.8. The molecule has 0 aromatic carbocycles. The van der Waals surface area contributed by atoms with Crippen molar-refractivity contribution in [2.45, 2.75) is 33.1 Å². The Balaban J connectivity index is 1.67. The normalized spacial score (nSPS) is 13.5. The second-order valence-electron chi connectivity index (χ2n) is 6.43. The number of Topliss-reactive ketones (excluding diaryl/α,β-unsaturated/α-hetero) is 1. The van der Waals surface area contributed by atoms with Gasteiger partial charge in [-0.25, -0.2) is 0 Å². The highest BCUT2D eigenvalue weighted by molar-refractivity contribution is 7.10. The van der Waals surface area contributed by atoms with E-state index in [-0.39, 0.29) is 17.5 Å². The van der Waals surface area contributed by atoms with Crippen LogP contribution in [0.5, 0.6) is 0 Å². The minimum Gasteiger partial charge on any atom is -0.455 e. The molecule has 1 amide bonds. The van der Waals surface area contributed by atoms with Gasteiger partial charge in [0, 0.05) is 40.4 Å². The lowest BCUT2D eigenvalue weighted by Gasteiger charge is -2.08. The molecule has 0 spiro atoms. The van der Waals surface area contributed by atoms with Crippen molar-refractivity contribution in [2.75, 3.05) is 5.32 Å². The summed E-state index contributed by atoms with van der Waals surface area (Å²) >= 11 is 1.64. The van der Waals surface area contributed by atoms with Crippen LogP contribution in [0, 0.1) is 13.8 Å². The fourth-order valence-electron chi connectivity index (χ4n) is 3.35. The largest absolute Gasteiger partial charge is 0.455 e. The molecule has 0 saturated carbocycles. The molecular weight excluding hydrogens is 348 g/mol. The van der Waals surface area contributed by atoms with Crippen molar-refractivity contribution in [1.82, 2.24) is 4.98 Å². The Morgan fingerprint density at radius 2 is 2.15 bits per heavy atom. The Bertz CT molecular complexity index is 1020. The number of carbonyl (C=O) groups excluding carboxylic acids is 2. The molecule has 1 N–H and O–H groups in total. The van der Waals surface area contributed by atoms with E-state index in [4.69, 9.17) is 4.42 Å². The van der Waals surface area contributed by atoms with Gasteiger partial charge in [0.15, 0.2) is 11.5 Å². The molecule has 0 saturated heterocycles. The zero-order chi connectivity index (χ0) is 18.3. The quantitative estimate of drug-likeness (QED) is 0.723. The van der Waals surface area contributed by atoms with Crippen molar-refractivity contribution in [1.29, 1.82) is 0 Å². The third-order valence-corrected chi connectivity index (χ3v) is 5.43. The van der Waals surface area contributed by atoms with Gasteiger partial charge in [-0.3, -0.25) is 14.6 Å². The number of pyridine rings is 1. The van der Waals surface area contributed by atoms with Crippen LogP contribution in [0.1, 0.15) is 50.0 Å². The Morgan fingerprint density at radius 1 is 1.31 bits per heavy atom. The summed E-state index contributed by atoms with van der Waals surface area (Å²) < 4.78 is 5.74. The summed E-state index contributed by atoms with van der Waals surface area (Å²) in [5.41, 5.74) is 3.51. The number of hydrogen-bond acceptors (Lipinski definition) is 5. The predicted molar refractivity (Wildman–Crippen MR) is 101 cm³/mol. The molecule has 1 aliphatic carbocycles. The molecule has 4 rings (SSSR count). The zero-order valence-corrected chi connectivity index (χ0v) is 15.4. The minimum atomic E-state index is -0.356. The number of aromatic nitrogens is 1. The molecular formula is C20H18N2O3S. The van der Waals surface area contributed by atoms with Gasteiger partial charge in [-0.1, -0.05) is 0 Å². The van der Waals surface area contributed by atoms with E-state index >= 15 is 0 Å². The van der Waals surface area contributed by atoms with Crippen LogP contribution in [-0.2, 0) is 6.42 Å². The van der Waals surface area contributed by atoms with Gasteiger partial charge < -0.3 is 9.73 Å². The summed E-state index contributed by atoms with van der Waals surface area (Å²) in [5, 5.41) is 4.91. The fraction of sp³-hybridized carbons (Fsp3) is 0.250. The molecule has 0 radical (unpaired) electrons. The third-order valence-electron chi connectivity index (χ3n) is 4.57. The average molecular weight is 366 g/mol. The second-order valence-corrected chi connectivity index (χ2v) is 7.55. The standard InChI is InChI=1S/C20H18N2O3S/c1-11-9-13(10-26-11)18-14(5-4-8-21-18)22-20(24)19-12(2)17-15(23)6-3-7-16(17)25-19/h4-5,8-10H,3,6-7H2,1-2H3,(H,22,24). The van der Waals surface area contributed by atoms with Crippen molar-refractivity contribution in [3.63, 3.8) is 0 Å². The molecule has 3 heterocycles. The van der Waals surface area contributed by atoms with E-state index in [0.29, 0.717) is 35.4 Å². The van der Waals surface area contributed by atoms with Crippen LogP contribution >= 0.6 is 11.3 Å². The second kappa shape index (κ2) is 6.53. The number of hydrogen-bond donors (Lipinski definition) is 1. The summed E-state index contributed by atoms with van der Waals surface area (Å²) in [6, 6.07) is 5.64. The molecule has 1 aliphatic rings. The first kappa shape index (κ1) is 16.7. The Labute approximate surface area is 155 Å². The van der Waals surface area contributed by atoms with E-state index in [9.17, 15) is 9.59 Å². The van der Waals surface area contributed by atoms with Crippen molar-refractivity contribution in [3.8, 4) is 11.3 Å². The predicted octanol–water partition coefficient (Wildman–Crippen LogP) is 4.79. The first-order chi connectivity index (χ1) is 12.5. The average Bonchev–Trinajstić information content (AvgIpc) is 3.20. The minimum absolute atomic E-state index is 0.0577. The monoisotopic (exact) mass is 366 g/mol. The van der Waals surface area contributed by atoms with E-state index in [1.165, 1.54) is 4.88 Å². The van der Waals surface area contributed by atoms with Crippen molar-refractivity contribution in [3.05, 3.63) is 57.3 Å². The van der Waals surface area contributed by atoms with Crippen molar-refractivity contribution < 1.29 is 14.0 Å². The smallest absolute Gasteiger partial charge is 0.291 e. The molecule has 6 heteroatoms. The summed E-state index contributed by atoms with van der Waals surface area (Å²) in [6.45, 7) is 3.80. The number of nitrogens with zero attached hydrogens (tertiary/aromatic N) is 1.